The third kappa shape index (κ3) is 76.6. The molecule has 0 heterocycles. The van der Waals surface area contributed by atoms with E-state index in [9.17, 15) is 43.2 Å². The fourth-order valence-electron chi connectivity index (χ4n) is 10.0. The topological polar surface area (TPSA) is 237 Å². The lowest BCUT2D eigenvalue weighted by molar-refractivity contribution is -0.161. The quantitative estimate of drug-likeness (QED) is 0.0169. The molecule has 106 heavy (non-hydrogen) atoms. The zero-order valence-corrected chi connectivity index (χ0v) is 67.6. The zero-order chi connectivity index (χ0) is 77.4. The van der Waals surface area contributed by atoms with Gasteiger partial charge in [-0.3, -0.25) is 37.3 Å². The number of rotatable bonds is 74. The SMILES string of the molecule is CC/C=C\C/C=C\C/C=C\C/C=C\C/C=C\CCCCCC(=O)OCC(COP(=O)(O)OCC(O)COP(=O)(O)OCC(COC(=O)CCC/C=C\C/C=C\C/C=C\C/C=C\C/C=C\CC)OC(=O)CCCCCCC/C=C\CCCC)OC(=O)CCCCCCCC/C=C\C/C=C\C/C=C\CCCCC. The first kappa shape index (κ1) is 100. The smallest absolute Gasteiger partial charge is 0.462 e. The van der Waals surface area contributed by atoms with Crippen molar-refractivity contribution in [2.45, 2.75) is 316 Å². The molecule has 5 unspecified atom stereocenters. The number of phosphoric ester groups is 2. The van der Waals surface area contributed by atoms with Gasteiger partial charge in [-0.05, 0) is 167 Å². The molecule has 0 aliphatic rings. The van der Waals surface area contributed by atoms with Crippen LogP contribution in [0.15, 0.2) is 170 Å². The lowest BCUT2D eigenvalue weighted by Crippen LogP contribution is -2.30. The molecule has 0 spiro atoms. The second-order valence-electron chi connectivity index (χ2n) is 26.2. The highest BCUT2D eigenvalue weighted by molar-refractivity contribution is 7.47. The predicted molar refractivity (Wildman–Crippen MR) is 436 cm³/mol. The lowest BCUT2D eigenvalue weighted by Gasteiger charge is -2.21. The summed E-state index contributed by atoms with van der Waals surface area (Å²) in [4.78, 5) is 73.0. The largest absolute Gasteiger partial charge is 0.472 e. The number of ether oxygens (including phenoxy) is 4. The number of aliphatic hydroxyl groups excluding tert-OH is 1. The van der Waals surface area contributed by atoms with Crippen molar-refractivity contribution in [2.75, 3.05) is 39.6 Å². The molecule has 0 rings (SSSR count). The molecule has 0 aromatic rings. The van der Waals surface area contributed by atoms with Gasteiger partial charge >= 0.3 is 39.5 Å². The highest BCUT2D eigenvalue weighted by atomic mass is 31.2. The normalized spacial score (nSPS) is 14.7. The molecule has 0 amide bonds. The summed E-state index contributed by atoms with van der Waals surface area (Å²) in [7, 11) is -10.0. The van der Waals surface area contributed by atoms with Crippen LogP contribution in [0.2, 0.25) is 0 Å². The van der Waals surface area contributed by atoms with Crippen molar-refractivity contribution in [3.05, 3.63) is 170 Å². The first-order valence-corrected chi connectivity index (χ1v) is 43.4. The Morgan fingerprint density at radius 1 is 0.274 bits per heavy atom. The first-order chi connectivity index (χ1) is 51.7. The Balaban J connectivity index is 5.45. The average Bonchev–Trinajstić information content (AvgIpc) is 0.901. The molecule has 0 aliphatic carbocycles. The van der Waals surface area contributed by atoms with Gasteiger partial charge < -0.3 is 33.8 Å². The van der Waals surface area contributed by atoms with E-state index in [-0.39, 0.29) is 25.7 Å². The summed E-state index contributed by atoms with van der Waals surface area (Å²) in [6, 6.07) is 0. The van der Waals surface area contributed by atoms with E-state index >= 15 is 0 Å². The number of hydrogen-bond donors (Lipinski definition) is 3. The van der Waals surface area contributed by atoms with E-state index in [0.29, 0.717) is 32.1 Å². The zero-order valence-electron chi connectivity index (χ0n) is 65.8. The van der Waals surface area contributed by atoms with Crippen molar-refractivity contribution in [1.82, 2.24) is 0 Å². The Kier molecular flexibility index (Phi) is 73.5. The van der Waals surface area contributed by atoms with E-state index in [1.165, 1.54) is 25.7 Å². The van der Waals surface area contributed by atoms with Gasteiger partial charge in [-0.2, -0.15) is 0 Å². The van der Waals surface area contributed by atoms with Crippen LogP contribution >= 0.6 is 15.6 Å². The van der Waals surface area contributed by atoms with E-state index in [1.807, 2.05) is 12.2 Å². The number of phosphoric acid groups is 2. The summed E-state index contributed by atoms with van der Waals surface area (Å²) >= 11 is 0. The summed E-state index contributed by atoms with van der Waals surface area (Å²) in [5.74, 6) is -2.31. The Hall–Kier alpha value is -5.58. The van der Waals surface area contributed by atoms with Gasteiger partial charge in [-0.25, -0.2) is 9.13 Å². The molecular weight excluding hydrogens is 1380 g/mol. The molecule has 3 N–H and O–H groups in total. The van der Waals surface area contributed by atoms with Gasteiger partial charge in [-0.15, -0.1) is 0 Å². The molecule has 0 fully saturated rings. The van der Waals surface area contributed by atoms with Crippen LogP contribution < -0.4 is 0 Å². The van der Waals surface area contributed by atoms with Crippen LogP contribution in [0.4, 0.5) is 0 Å². The summed E-state index contributed by atoms with van der Waals surface area (Å²) in [5.41, 5.74) is 0. The van der Waals surface area contributed by atoms with Gasteiger partial charge in [0.25, 0.3) is 0 Å². The maximum Gasteiger partial charge on any atom is 0.472 e. The highest BCUT2D eigenvalue weighted by Gasteiger charge is 2.30. The number of hydrogen-bond acceptors (Lipinski definition) is 15. The van der Waals surface area contributed by atoms with Crippen molar-refractivity contribution in [2.24, 2.45) is 0 Å². The number of allylic oxidation sites excluding steroid dienone is 28. The number of esters is 4. The number of unbranched alkanes of at least 4 members (excludes halogenated alkanes) is 20. The van der Waals surface area contributed by atoms with Gasteiger partial charge in [0.1, 0.15) is 19.3 Å². The van der Waals surface area contributed by atoms with E-state index in [2.05, 4.69) is 186 Å². The van der Waals surface area contributed by atoms with Crippen LogP contribution in [0.5, 0.6) is 0 Å². The second kappa shape index (κ2) is 77.6. The molecule has 0 saturated heterocycles. The lowest BCUT2D eigenvalue weighted by atomic mass is 10.1. The fraction of sp³-hybridized carbons (Fsp3) is 0.632. The fourth-order valence-corrected chi connectivity index (χ4v) is 11.6. The van der Waals surface area contributed by atoms with Crippen molar-refractivity contribution < 1.29 is 80.2 Å². The molecule has 0 aromatic heterocycles. The van der Waals surface area contributed by atoms with Crippen molar-refractivity contribution >= 4 is 39.5 Å². The third-order valence-corrected chi connectivity index (χ3v) is 18.0. The number of carbonyl (C=O) groups is 4. The van der Waals surface area contributed by atoms with Crippen LogP contribution in [0.1, 0.15) is 297 Å². The minimum Gasteiger partial charge on any atom is -0.462 e. The van der Waals surface area contributed by atoms with Crippen LogP contribution in [-0.2, 0) is 65.4 Å². The van der Waals surface area contributed by atoms with E-state index in [4.69, 9.17) is 37.0 Å². The molecule has 602 valence electrons. The monoisotopic (exact) mass is 1520 g/mol. The predicted octanol–water partition coefficient (Wildman–Crippen LogP) is 23.8. The van der Waals surface area contributed by atoms with E-state index in [0.717, 1.165) is 186 Å². The minimum absolute atomic E-state index is 0.0654. The molecule has 17 nitrogen and oxygen atoms in total. The molecule has 0 aromatic carbocycles. The Labute approximate surface area is 642 Å². The first-order valence-electron chi connectivity index (χ1n) is 40.4. The van der Waals surface area contributed by atoms with Crippen molar-refractivity contribution in [3.8, 4) is 0 Å². The van der Waals surface area contributed by atoms with Crippen molar-refractivity contribution in [3.63, 3.8) is 0 Å². The molecule has 19 heteroatoms. The van der Waals surface area contributed by atoms with Gasteiger partial charge in [0, 0.05) is 25.7 Å². The molecular formula is C87H142O17P2. The Bertz CT molecular complexity index is 2680. The second-order valence-corrected chi connectivity index (χ2v) is 29.1. The number of carbonyl (C=O) groups excluding carboxylic acids is 4. The maximum atomic E-state index is 13.1. The van der Waals surface area contributed by atoms with Gasteiger partial charge in [-0.1, -0.05) is 275 Å². The van der Waals surface area contributed by atoms with Crippen LogP contribution in [0.3, 0.4) is 0 Å². The summed E-state index contributed by atoms with van der Waals surface area (Å²) in [6.45, 7) is 4.44. The standard InChI is InChI=1S/C87H142O17P2/c1-5-9-13-17-21-25-29-32-35-38-40-43-46-49-53-56-60-64-68-72-85(90)98-78-83(104-87(92)74-70-66-62-58-54-50-47-44-41-39-36-33-30-26-22-18-14-10-6-2)80-102-106(95,96)100-76-81(88)75-99-105(93,94)101-79-82(103-86(91)73-69-65-61-57-51-28-24-20-16-12-8-4)77-97-84(89)71-67-63-59-55-52-48-45-42-37-34-31-27-23-19-15-11-7-3/h9,11,13,15,20-27,32-37,40-41,43-45,48-49,53,55,59,81-83,88H,5-8,10,12,14,16-19,28-31,38-39,42,46-47,50-52,54,56-58,60-80H2,1-4H3,(H,93,94)(H,95,96)/b13-9-,15-11-,24-20-,25-21-,26-22-,27-23-,35-32-,36-33-,37-34-,43-40-,44-41-,48-45-,53-49-,59-55-. The summed E-state index contributed by atoms with van der Waals surface area (Å²) in [6.07, 6.45) is 92.0. The van der Waals surface area contributed by atoms with E-state index < -0.39 is 97.5 Å². The van der Waals surface area contributed by atoms with E-state index in [1.54, 1.807) is 0 Å². The molecule has 0 radical (unpaired) electrons. The minimum atomic E-state index is -5.00. The van der Waals surface area contributed by atoms with Crippen LogP contribution in [0, 0.1) is 0 Å². The molecule has 0 saturated carbocycles. The average molecular weight is 1520 g/mol. The molecule has 0 aliphatic heterocycles. The number of aliphatic hydroxyl groups is 1. The van der Waals surface area contributed by atoms with Gasteiger partial charge in [0.15, 0.2) is 12.2 Å². The summed E-state index contributed by atoms with van der Waals surface area (Å²) < 4.78 is 68.5. The molecule has 5 atom stereocenters. The van der Waals surface area contributed by atoms with Gasteiger partial charge in [0.2, 0.25) is 0 Å². The highest BCUT2D eigenvalue weighted by Crippen LogP contribution is 2.45. The Morgan fingerprint density at radius 2 is 0.509 bits per heavy atom. The van der Waals surface area contributed by atoms with Crippen LogP contribution in [0.25, 0.3) is 0 Å². The van der Waals surface area contributed by atoms with Crippen molar-refractivity contribution in [1.29, 1.82) is 0 Å². The summed E-state index contributed by atoms with van der Waals surface area (Å²) in [5, 5.41) is 10.6. The van der Waals surface area contributed by atoms with Crippen LogP contribution in [-0.4, -0.2) is 96.7 Å². The molecule has 0 bridgehead atoms. The van der Waals surface area contributed by atoms with Gasteiger partial charge in [0.05, 0.1) is 26.4 Å². The Morgan fingerprint density at radius 3 is 0.840 bits per heavy atom. The maximum absolute atomic E-state index is 13.1. The third-order valence-electron chi connectivity index (χ3n) is 16.1.